The summed E-state index contributed by atoms with van der Waals surface area (Å²) in [6, 6.07) is 14.7. The molecule has 1 heterocycles. The van der Waals surface area contributed by atoms with Gasteiger partial charge < -0.3 is 4.74 Å². The van der Waals surface area contributed by atoms with Crippen molar-refractivity contribution in [1.29, 1.82) is 0 Å². The molecule has 0 aliphatic carbocycles. The third-order valence-electron chi connectivity index (χ3n) is 3.16. The van der Waals surface area contributed by atoms with Gasteiger partial charge in [0.1, 0.15) is 11.5 Å². The van der Waals surface area contributed by atoms with Gasteiger partial charge in [0.15, 0.2) is 0 Å². The summed E-state index contributed by atoms with van der Waals surface area (Å²) >= 11 is 0. The predicted octanol–water partition coefficient (Wildman–Crippen LogP) is 3.16. The highest BCUT2D eigenvalue weighted by atomic mass is 16.5. The van der Waals surface area contributed by atoms with Crippen molar-refractivity contribution in [2.24, 2.45) is 0 Å². The number of hydrogen-bond acceptors (Lipinski definition) is 1. The molecule has 85 valence electrons. The maximum absolute atomic E-state index is 5.41. The fraction of sp³-hybridized carbons (Fsp3) is 0.200. The first-order valence-corrected chi connectivity index (χ1v) is 5.83. The highest BCUT2D eigenvalue weighted by Crippen LogP contribution is 2.30. The quantitative estimate of drug-likeness (QED) is 0.768. The molecular formula is C15H14NO. The normalized spacial score (nSPS) is 15.1. The van der Waals surface area contributed by atoms with Crippen LogP contribution in [0.5, 0.6) is 0 Å². The molecule has 0 spiro atoms. The van der Waals surface area contributed by atoms with E-state index in [0.29, 0.717) is 0 Å². The Morgan fingerprint density at radius 2 is 1.88 bits per heavy atom. The van der Waals surface area contributed by atoms with E-state index in [1.807, 2.05) is 0 Å². The Kier molecular flexibility index (Phi) is 2.48. The van der Waals surface area contributed by atoms with Crippen LogP contribution in [0, 0.1) is 0 Å². The summed E-state index contributed by atoms with van der Waals surface area (Å²) in [5, 5.41) is 7.05. The topological polar surface area (TPSA) is 23.3 Å². The van der Waals surface area contributed by atoms with Crippen LogP contribution in [0.2, 0.25) is 0 Å². The number of nitrogens with zero attached hydrogens (tertiary/aromatic N) is 1. The summed E-state index contributed by atoms with van der Waals surface area (Å²) in [7, 11) is 1.72. The maximum atomic E-state index is 5.41. The smallest absolute Gasteiger partial charge is 0.123 e. The zero-order valence-corrected chi connectivity index (χ0v) is 9.81. The predicted molar refractivity (Wildman–Crippen MR) is 69.5 cm³/mol. The number of ether oxygens (including phenoxy) is 1. The van der Waals surface area contributed by atoms with E-state index in [0.717, 1.165) is 24.4 Å². The third-order valence-corrected chi connectivity index (χ3v) is 3.16. The maximum Gasteiger partial charge on any atom is 0.123 e. The van der Waals surface area contributed by atoms with Crippen LogP contribution in [-0.2, 0) is 4.74 Å². The first kappa shape index (κ1) is 10.2. The van der Waals surface area contributed by atoms with Gasteiger partial charge in [0.05, 0.1) is 7.11 Å². The van der Waals surface area contributed by atoms with Gasteiger partial charge >= 0.3 is 0 Å². The largest absolute Gasteiger partial charge is 0.499 e. The molecule has 1 radical (unpaired) electrons. The lowest BCUT2D eigenvalue weighted by molar-refractivity contribution is 0.286. The van der Waals surface area contributed by atoms with Crippen LogP contribution in [-0.4, -0.2) is 13.7 Å². The van der Waals surface area contributed by atoms with Crippen molar-refractivity contribution in [3.8, 4) is 0 Å². The molecule has 3 rings (SSSR count). The molecule has 2 heteroatoms. The van der Waals surface area contributed by atoms with Crippen molar-refractivity contribution >= 4 is 16.5 Å². The van der Waals surface area contributed by atoms with Gasteiger partial charge in [0.25, 0.3) is 0 Å². The van der Waals surface area contributed by atoms with Gasteiger partial charge in [0.2, 0.25) is 0 Å². The number of benzene rings is 2. The fourth-order valence-electron chi connectivity index (χ4n) is 2.34. The molecule has 2 aromatic rings. The van der Waals surface area contributed by atoms with Gasteiger partial charge in [-0.2, -0.15) is 0 Å². The minimum Gasteiger partial charge on any atom is -0.499 e. The van der Waals surface area contributed by atoms with Crippen molar-refractivity contribution in [2.45, 2.75) is 6.42 Å². The second kappa shape index (κ2) is 4.13. The number of hydrogen-bond donors (Lipinski definition) is 0. The molecule has 17 heavy (non-hydrogen) atoms. The van der Waals surface area contributed by atoms with E-state index >= 15 is 0 Å². The van der Waals surface area contributed by atoms with Crippen molar-refractivity contribution in [1.82, 2.24) is 5.32 Å². The highest BCUT2D eigenvalue weighted by molar-refractivity contribution is 5.94. The lowest BCUT2D eigenvalue weighted by Crippen LogP contribution is -1.98. The van der Waals surface area contributed by atoms with Crippen LogP contribution in [0.3, 0.4) is 0 Å². The van der Waals surface area contributed by atoms with E-state index in [-0.39, 0.29) is 0 Å². The standard InChI is InChI=1S/C15H14NO/c1-17-14-9-10-16-15(14)13-8-4-6-11-5-2-3-7-12(11)13/h2-8H,9-10H2,1H3. The van der Waals surface area contributed by atoms with Crippen molar-refractivity contribution in [3.05, 3.63) is 53.8 Å². The van der Waals surface area contributed by atoms with Crippen LogP contribution in [0.1, 0.15) is 12.0 Å². The Hall–Kier alpha value is -1.96. The second-order valence-electron chi connectivity index (χ2n) is 4.13. The van der Waals surface area contributed by atoms with E-state index < -0.39 is 0 Å². The third kappa shape index (κ3) is 1.66. The molecule has 0 amide bonds. The van der Waals surface area contributed by atoms with Crippen LogP contribution >= 0.6 is 0 Å². The minimum atomic E-state index is 0.835. The Balaban J connectivity index is 2.24. The Labute approximate surface area is 101 Å². The molecule has 0 saturated carbocycles. The monoisotopic (exact) mass is 224 g/mol. The van der Waals surface area contributed by atoms with Gasteiger partial charge in [-0.1, -0.05) is 42.5 Å². The molecule has 0 aromatic heterocycles. The van der Waals surface area contributed by atoms with Crippen molar-refractivity contribution < 1.29 is 4.74 Å². The van der Waals surface area contributed by atoms with Gasteiger partial charge in [-0.3, -0.25) is 5.32 Å². The number of methoxy groups -OCH3 is 1. The van der Waals surface area contributed by atoms with E-state index in [1.165, 1.54) is 16.3 Å². The molecule has 0 unspecified atom stereocenters. The molecule has 1 aliphatic heterocycles. The molecule has 2 nitrogen and oxygen atoms in total. The molecule has 0 fully saturated rings. The van der Waals surface area contributed by atoms with Crippen molar-refractivity contribution in [3.63, 3.8) is 0 Å². The summed E-state index contributed by atoms with van der Waals surface area (Å²) in [4.78, 5) is 0. The van der Waals surface area contributed by atoms with E-state index in [1.54, 1.807) is 7.11 Å². The number of fused-ring (bicyclic) bond motifs is 1. The highest BCUT2D eigenvalue weighted by Gasteiger charge is 2.19. The summed E-state index contributed by atoms with van der Waals surface area (Å²) in [6.45, 7) is 0.835. The van der Waals surface area contributed by atoms with Gasteiger partial charge in [-0.15, -0.1) is 0 Å². The average molecular weight is 224 g/mol. The Bertz CT molecular complexity index is 581. The van der Waals surface area contributed by atoms with Gasteiger partial charge in [0, 0.05) is 18.5 Å². The zero-order chi connectivity index (χ0) is 11.7. The molecule has 0 bridgehead atoms. The summed E-state index contributed by atoms with van der Waals surface area (Å²) < 4.78 is 5.41. The summed E-state index contributed by atoms with van der Waals surface area (Å²) in [5.74, 6) is 1.00. The van der Waals surface area contributed by atoms with E-state index in [4.69, 9.17) is 4.74 Å². The lowest BCUT2D eigenvalue weighted by Gasteiger charge is -2.08. The Morgan fingerprint density at radius 3 is 2.76 bits per heavy atom. The minimum absolute atomic E-state index is 0.835. The van der Waals surface area contributed by atoms with Crippen LogP contribution in [0.4, 0.5) is 0 Å². The van der Waals surface area contributed by atoms with Gasteiger partial charge in [-0.05, 0) is 10.8 Å². The SMILES string of the molecule is COC1=C(c2cccc3ccccc23)[N]CC1. The molecule has 0 atom stereocenters. The second-order valence-corrected chi connectivity index (χ2v) is 4.13. The summed E-state index contributed by atoms with van der Waals surface area (Å²) in [5.41, 5.74) is 2.20. The van der Waals surface area contributed by atoms with E-state index in [2.05, 4.69) is 47.8 Å². The summed E-state index contributed by atoms with van der Waals surface area (Å²) in [6.07, 6.45) is 0.912. The molecular weight excluding hydrogens is 210 g/mol. The van der Waals surface area contributed by atoms with Crippen LogP contribution in [0.25, 0.3) is 16.5 Å². The number of rotatable bonds is 2. The first-order valence-electron chi connectivity index (χ1n) is 5.83. The molecule has 1 aliphatic rings. The van der Waals surface area contributed by atoms with Crippen LogP contribution < -0.4 is 5.32 Å². The van der Waals surface area contributed by atoms with Crippen molar-refractivity contribution in [2.75, 3.05) is 13.7 Å². The fourth-order valence-corrected chi connectivity index (χ4v) is 2.34. The Morgan fingerprint density at radius 1 is 1.06 bits per heavy atom. The molecule has 2 aromatic carbocycles. The first-order chi connectivity index (χ1) is 8.40. The zero-order valence-electron chi connectivity index (χ0n) is 9.81. The molecule has 0 N–H and O–H groups in total. The lowest BCUT2D eigenvalue weighted by atomic mass is 10.0. The van der Waals surface area contributed by atoms with E-state index in [9.17, 15) is 0 Å². The molecule has 0 saturated heterocycles. The van der Waals surface area contributed by atoms with Crippen LogP contribution in [0.15, 0.2) is 48.2 Å². The van der Waals surface area contributed by atoms with Gasteiger partial charge in [-0.25, -0.2) is 0 Å². The average Bonchev–Trinajstić information content (AvgIpc) is 2.86.